The molecule has 0 saturated heterocycles. The molecule has 0 aromatic heterocycles. The average Bonchev–Trinajstić information content (AvgIpc) is 2.46. The van der Waals surface area contributed by atoms with Crippen LogP contribution in [0.15, 0.2) is 42.5 Å². The number of rotatable bonds is 2. The molecule has 0 amide bonds. The van der Waals surface area contributed by atoms with E-state index in [2.05, 4.69) is 0 Å². The number of alkyl halides is 3. The summed E-state index contributed by atoms with van der Waals surface area (Å²) in [6.07, 6.45) is -6.21. The Morgan fingerprint density at radius 3 is 2.33 bits per heavy atom. The number of hydrogen-bond donors (Lipinski definition) is 1. The lowest BCUT2D eigenvalue weighted by Gasteiger charge is -2.15. The van der Waals surface area contributed by atoms with E-state index in [9.17, 15) is 22.7 Å². The van der Waals surface area contributed by atoms with Crippen LogP contribution in [0.5, 0.6) is 0 Å². The maximum atomic E-state index is 13.2. The minimum Gasteiger partial charge on any atom is -0.384 e. The van der Waals surface area contributed by atoms with E-state index in [1.807, 2.05) is 6.07 Å². The highest BCUT2D eigenvalue weighted by atomic mass is 19.4. The zero-order chi connectivity index (χ0) is 15.6. The summed E-state index contributed by atoms with van der Waals surface area (Å²) in [4.78, 5) is 0. The summed E-state index contributed by atoms with van der Waals surface area (Å²) in [6, 6.07) is 10.0. The van der Waals surface area contributed by atoms with Crippen LogP contribution < -0.4 is 0 Å². The zero-order valence-electron chi connectivity index (χ0n) is 10.5. The van der Waals surface area contributed by atoms with Crippen molar-refractivity contribution in [1.82, 2.24) is 0 Å². The molecule has 2 aromatic rings. The second kappa shape index (κ2) is 5.54. The van der Waals surface area contributed by atoms with E-state index in [1.54, 1.807) is 0 Å². The molecule has 0 aliphatic rings. The van der Waals surface area contributed by atoms with Gasteiger partial charge in [-0.3, -0.25) is 0 Å². The molecule has 0 fully saturated rings. The molecule has 21 heavy (non-hydrogen) atoms. The largest absolute Gasteiger partial charge is 0.419 e. The SMILES string of the molecule is N#Cc1cccc(C(O)c2ccc(F)c(C(F)(F)F)c2)c1. The van der Waals surface area contributed by atoms with E-state index in [-0.39, 0.29) is 16.7 Å². The molecule has 0 bridgehead atoms. The molecule has 2 nitrogen and oxygen atoms in total. The predicted octanol–water partition coefficient (Wildman–Crippen LogP) is 3.80. The van der Waals surface area contributed by atoms with Crippen LogP contribution in [0, 0.1) is 17.1 Å². The first-order chi connectivity index (χ1) is 9.82. The van der Waals surface area contributed by atoms with E-state index < -0.39 is 23.7 Å². The third kappa shape index (κ3) is 3.20. The Morgan fingerprint density at radius 2 is 1.71 bits per heavy atom. The third-order valence-electron chi connectivity index (χ3n) is 2.94. The molecular formula is C15H9F4NO. The maximum absolute atomic E-state index is 13.2. The van der Waals surface area contributed by atoms with Crippen LogP contribution in [0.1, 0.15) is 28.4 Å². The molecule has 108 valence electrons. The molecule has 1 unspecified atom stereocenters. The van der Waals surface area contributed by atoms with Crippen LogP contribution in [0.25, 0.3) is 0 Å². The first-order valence-corrected chi connectivity index (χ1v) is 5.87. The molecular weight excluding hydrogens is 286 g/mol. The number of aliphatic hydroxyl groups excluding tert-OH is 1. The Bertz CT molecular complexity index is 704. The number of aliphatic hydroxyl groups is 1. The van der Waals surface area contributed by atoms with Crippen molar-refractivity contribution in [1.29, 1.82) is 5.26 Å². The van der Waals surface area contributed by atoms with E-state index in [1.165, 1.54) is 24.3 Å². The minimum atomic E-state index is -4.84. The van der Waals surface area contributed by atoms with Gasteiger partial charge in [-0.2, -0.15) is 18.4 Å². The van der Waals surface area contributed by atoms with Crippen LogP contribution >= 0.6 is 0 Å². The minimum absolute atomic E-state index is 0.0983. The standard InChI is InChI=1S/C15H9F4NO/c16-13-5-4-11(7-12(13)15(17,18)19)14(21)10-3-1-2-9(6-10)8-20/h1-7,14,21H. The zero-order valence-corrected chi connectivity index (χ0v) is 10.5. The van der Waals surface area contributed by atoms with Crippen LogP contribution in [-0.4, -0.2) is 5.11 Å². The Morgan fingerprint density at radius 1 is 1.05 bits per heavy atom. The molecule has 6 heteroatoms. The van der Waals surface area contributed by atoms with Crippen LogP contribution in [0.2, 0.25) is 0 Å². The highest BCUT2D eigenvalue weighted by Gasteiger charge is 2.34. The van der Waals surface area contributed by atoms with E-state index in [0.29, 0.717) is 12.1 Å². The van der Waals surface area contributed by atoms with Gasteiger partial charge in [0, 0.05) is 0 Å². The molecule has 2 rings (SSSR count). The molecule has 0 aliphatic heterocycles. The highest BCUT2D eigenvalue weighted by molar-refractivity contribution is 5.39. The van der Waals surface area contributed by atoms with Gasteiger partial charge >= 0.3 is 6.18 Å². The molecule has 0 radical (unpaired) electrons. The van der Waals surface area contributed by atoms with Crippen LogP contribution in [0.3, 0.4) is 0 Å². The molecule has 0 spiro atoms. The van der Waals surface area contributed by atoms with Crippen molar-refractivity contribution in [3.8, 4) is 6.07 Å². The van der Waals surface area contributed by atoms with Crippen molar-refractivity contribution in [3.05, 3.63) is 70.5 Å². The molecule has 2 aromatic carbocycles. The molecule has 0 aliphatic carbocycles. The highest BCUT2D eigenvalue weighted by Crippen LogP contribution is 2.34. The molecule has 1 N–H and O–H groups in total. The second-order valence-corrected chi connectivity index (χ2v) is 4.38. The number of benzene rings is 2. The lowest BCUT2D eigenvalue weighted by molar-refractivity contribution is -0.140. The van der Waals surface area contributed by atoms with Crippen molar-refractivity contribution in [3.63, 3.8) is 0 Å². The van der Waals surface area contributed by atoms with Crippen molar-refractivity contribution in [2.45, 2.75) is 12.3 Å². The Kier molecular flexibility index (Phi) is 3.96. The summed E-state index contributed by atoms with van der Waals surface area (Å²) in [5, 5.41) is 18.9. The monoisotopic (exact) mass is 295 g/mol. The van der Waals surface area contributed by atoms with Crippen molar-refractivity contribution in [2.24, 2.45) is 0 Å². The van der Waals surface area contributed by atoms with Gasteiger partial charge in [-0.15, -0.1) is 0 Å². The Balaban J connectivity index is 2.44. The summed E-state index contributed by atoms with van der Waals surface area (Å²) in [5.41, 5.74) is -1.01. The summed E-state index contributed by atoms with van der Waals surface area (Å²) in [6.45, 7) is 0. The average molecular weight is 295 g/mol. The number of nitriles is 1. The topological polar surface area (TPSA) is 44.0 Å². The first-order valence-electron chi connectivity index (χ1n) is 5.87. The Labute approximate surface area is 117 Å². The van der Waals surface area contributed by atoms with Crippen LogP contribution in [-0.2, 0) is 6.18 Å². The van der Waals surface area contributed by atoms with Gasteiger partial charge in [0.05, 0.1) is 17.2 Å². The number of hydrogen-bond acceptors (Lipinski definition) is 2. The van der Waals surface area contributed by atoms with Gasteiger partial charge in [0.1, 0.15) is 11.9 Å². The van der Waals surface area contributed by atoms with Crippen molar-refractivity contribution >= 4 is 0 Å². The normalized spacial score (nSPS) is 12.8. The first kappa shape index (κ1) is 15.0. The number of halogens is 4. The lowest BCUT2D eigenvalue weighted by atomic mass is 9.98. The van der Waals surface area contributed by atoms with Gasteiger partial charge in [-0.25, -0.2) is 4.39 Å². The van der Waals surface area contributed by atoms with Gasteiger partial charge in [0.25, 0.3) is 0 Å². The van der Waals surface area contributed by atoms with Gasteiger partial charge in [-0.1, -0.05) is 18.2 Å². The third-order valence-corrected chi connectivity index (χ3v) is 2.94. The summed E-state index contributed by atoms with van der Waals surface area (Å²) >= 11 is 0. The Hall–Kier alpha value is -2.39. The molecule has 1 atom stereocenters. The van der Waals surface area contributed by atoms with Gasteiger partial charge < -0.3 is 5.11 Å². The molecule has 0 saturated carbocycles. The fraction of sp³-hybridized carbons (Fsp3) is 0.133. The smallest absolute Gasteiger partial charge is 0.384 e. The number of nitrogens with zero attached hydrogens (tertiary/aromatic N) is 1. The summed E-state index contributed by atoms with van der Waals surface area (Å²) in [7, 11) is 0. The lowest BCUT2D eigenvalue weighted by Crippen LogP contribution is -2.10. The van der Waals surface area contributed by atoms with Crippen molar-refractivity contribution < 1.29 is 22.7 Å². The van der Waals surface area contributed by atoms with E-state index in [0.717, 1.165) is 6.07 Å². The second-order valence-electron chi connectivity index (χ2n) is 4.38. The fourth-order valence-electron chi connectivity index (χ4n) is 1.90. The van der Waals surface area contributed by atoms with Gasteiger partial charge in [-0.05, 0) is 35.4 Å². The quantitative estimate of drug-likeness (QED) is 0.856. The van der Waals surface area contributed by atoms with Gasteiger partial charge in [0.15, 0.2) is 0 Å². The van der Waals surface area contributed by atoms with E-state index >= 15 is 0 Å². The van der Waals surface area contributed by atoms with Gasteiger partial charge in [0.2, 0.25) is 0 Å². The molecule has 0 heterocycles. The van der Waals surface area contributed by atoms with Crippen molar-refractivity contribution in [2.75, 3.05) is 0 Å². The van der Waals surface area contributed by atoms with E-state index in [4.69, 9.17) is 5.26 Å². The summed E-state index contributed by atoms with van der Waals surface area (Å²) in [5.74, 6) is -1.40. The maximum Gasteiger partial charge on any atom is 0.419 e. The fourth-order valence-corrected chi connectivity index (χ4v) is 1.90. The predicted molar refractivity (Wildman–Crippen MR) is 66.6 cm³/mol. The summed E-state index contributed by atoms with van der Waals surface area (Å²) < 4.78 is 51.2. The van der Waals surface area contributed by atoms with Crippen LogP contribution in [0.4, 0.5) is 17.6 Å².